The van der Waals surface area contributed by atoms with Crippen molar-refractivity contribution in [3.8, 4) is 5.75 Å². The van der Waals surface area contributed by atoms with Crippen molar-refractivity contribution in [1.82, 2.24) is 9.88 Å². The molecule has 1 N–H and O–H groups in total. The summed E-state index contributed by atoms with van der Waals surface area (Å²) < 4.78 is 0. The highest BCUT2D eigenvalue weighted by Crippen LogP contribution is 2.29. The molecule has 1 aromatic rings. The number of likely N-dealkylation sites (tertiary alicyclic amines) is 1. The average Bonchev–Trinajstić information content (AvgIpc) is 2.70. The smallest absolute Gasteiger partial charge is 0.258 e. The molecule has 0 aromatic carbocycles. The van der Waals surface area contributed by atoms with Gasteiger partial charge in [0.1, 0.15) is 5.75 Å². The van der Waals surface area contributed by atoms with Crippen molar-refractivity contribution in [3.05, 3.63) is 24.0 Å². The fraction of sp³-hybridized carbons (Fsp3) is 0.538. The molecule has 1 fully saturated rings. The van der Waals surface area contributed by atoms with Crippen molar-refractivity contribution in [2.75, 3.05) is 0 Å². The van der Waals surface area contributed by atoms with Crippen molar-refractivity contribution < 1.29 is 9.90 Å². The summed E-state index contributed by atoms with van der Waals surface area (Å²) in [7, 11) is 0. The number of carbonyl (C=O) groups is 1. The van der Waals surface area contributed by atoms with Crippen molar-refractivity contribution >= 4 is 5.91 Å². The van der Waals surface area contributed by atoms with E-state index < -0.39 is 0 Å². The first-order valence-corrected chi connectivity index (χ1v) is 6.10. The zero-order chi connectivity index (χ0) is 12.4. The van der Waals surface area contributed by atoms with Gasteiger partial charge in [-0.1, -0.05) is 6.92 Å². The van der Waals surface area contributed by atoms with E-state index in [-0.39, 0.29) is 17.7 Å². The molecule has 4 heteroatoms. The molecule has 1 aliphatic heterocycles. The number of carbonyl (C=O) groups excluding carboxylic acids is 1. The van der Waals surface area contributed by atoms with E-state index in [1.807, 2.05) is 4.90 Å². The lowest BCUT2D eigenvalue weighted by Crippen LogP contribution is -2.39. The summed E-state index contributed by atoms with van der Waals surface area (Å²) in [6, 6.07) is 2.13. The molecule has 4 nitrogen and oxygen atoms in total. The van der Waals surface area contributed by atoms with E-state index in [0.717, 1.165) is 19.3 Å². The maximum atomic E-state index is 12.4. The summed E-state index contributed by atoms with van der Waals surface area (Å²) in [4.78, 5) is 18.1. The predicted molar refractivity (Wildman–Crippen MR) is 64.8 cm³/mol. The monoisotopic (exact) mass is 234 g/mol. The van der Waals surface area contributed by atoms with E-state index in [1.54, 1.807) is 6.07 Å². The minimum atomic E-state index is -0.0817. The molecule has 92 valence electrons. The van der Waals surface area contributed by atoms with Gasteiger partial charge in [0.25, 0.3) is 5.91 Å². The van der Waals surface area contributed by atoms with Crippen LogP contribution < -0.4 is 0 Å². The SMILES string of the molecule is CCC1CCC(C)N1C(=O)c1ccncc1O. The Balaban J connectivity index is 2.28. The van der Waals surface area contributed by atoms with Gasteiger partial charge in [-0.2, -0.15) is 0 Å². The summed E-state index contributed by atoms with van der Waals surface area (Å²) in [5.74, 6) is -0.117. The molecule has 0 bridgehead atoms. The van der Waals surface area contributed by atoms with Crippen molar-refractivity contribution in [1.29, 1.82) is 0 Å². The van der Waals surface area contributed by atoms with Gasteiger partial charge in [-0.25, -0.2) is 0 Å². The molecule has 1 aromatic heterocycles. The Kier molecular flexibility index (Phi) is 3.31. The Bertz CT molecular complexity index is 420. The molecule has 2 heterocycles. The van der Waals surface area contributed by atoms with Crippen LogP contribution in [0.5, 0.6) is 5.75 Å². The minimum Gasteiger partial charge on any atom is -0.505 e. The molecule has 1 amide bonds. The van der Waals surface area contributed by atoms with Crippen molar-refractivity contribution in [3.63, 3.8) is 0 Å². The summed E-state index contributed by atoms with van der Waals surface area (Å²) in [6.07, 6.45) is 5.90. The van der Waals surface area contributed by atoms with Gasteiger partial charge in [0, 0.05) is 18.3 Å². The molecular weight excluding hydrogens is 216 g/mol. The van der Waals surface area contributed by atoms with Gasteiger partial charge in [-0.15, -0.1) is 0 Å². The van der Waals surface area contributed by atoms with Gasteiger partial charge >= 0.3 is 0 Å². The molecular formula is C13H18N2O2. The van der Waals surface area contributed by atoms with Crippen molar-refractivity contribution in [2.45, 2.75) is 45.2 Å². The highest BCUT2D eigenvalue weighted by molar-refractivity contribution is 5.97. The second kappa shape index (κ2) is 4.73. The second-order valence-electron chi connectivity index (χ2n) is 4.59. The van der Waals surface area contributed by atoms with Crippen LogP contribution in [0, 0.1) is 0 Å². The van der Waals surface area contributed by atoms with E-state index in [0.29, 0.717) is 11.6 Å². The number of aromatic nitrogens is 1. The van der Waals surface area contributed by atoms with E-state index in [9.17, 15) is 9.90 Å². The maximum absolute atomic E-state index is 12.4. The number of nitrogens with zero attached hydrogens (tertiary/aromatic N) is 2. The van der Waals surface area contributed by atoms with Crippen LogP contribution in [-0.2, 0) is 0 Å². The van der Waals surface area contributed by atoms with Crippen LogP contribution >= 0.6 is 0 Å². The summed E-state index contributed by atoms with van der Waals surface area (Å²) >= 11 is 0. The first-order valence-electron chi connectivity index (χ1n) is 6.10. The Morgan fingerprint density at radius 2 is 2.35 bits per heavy atom. The van der Waals surface area contributed by atoms with Crippen LogP contribution in [0.4, 0.5) is 0 Å². The fourth-order valence-electron chi connectivity index (χ4n) is 2.54. The molecule has 2 unspecified atom stereocenters. The van der Waals surface area contributed by atoms with Crippen LogP contribution in [0.15, 0.2) is 18.5 Å². The van der Waals surface area contributed by atoms with Gasteiger partial charge in [-0.3, -0.25) is 9.78 Å². The molecule has 0 saturated carbocycles. The molecule has 2 atom stereocenters. The normalized spacial score (nSPS) is 24.0. The number of pyridine rings is 1. The number of hydrogen-bond donors (Lipinski definition) is 1. The molecule has 2 rings (SSSR count). The summed E-state index contributed by atoms with van der Waals surface area (Å²) in [5, 5.41) is 9.68. The third-order valence-electron chi connectivity index (χ3n) is 3.52. The van der Waals surface area contributed by atoms with E-state index >= 15 is 0 Å². The zero-order valence-electron chi connectivity index (χ0n) is 10.3. The Morgan fingerprint density at radius 3 is 3.00 bits per heavy atom. The van der Waals surface area contributed by atoms with Crippen LogP contribution in [0.3, 0.4) is 0 Å². The van der Waals surface area contributed by atoms with Gasteiger partial charge < -0.3 is 10.0 Å². The lowest BCUT2D eigenvalue weighted by Gasteiger charge is -2.28. The molecule has 1 aliphatic rings. The largest absolute Gasteiger partial charge is 0.505 e. The minimum absolute atomic E-state index is 0.0357. The Morgan fingerprint density at radius 1 is 1.59 bits per heavy atom. The standard InChI is InChI=1S/C13H18N2O2/c1-3-10-5-4-9(2)15(10)13(17)11-6-7-14-8-12(11)16/h6-10,16H,3-5H2,1-2H3. The first kappa shape index (κ1) is 11.9. The third-order valence-corrected chi connectivity index (χ3v) is 3.52. The average molecular weight is 234 g/mol. The number of rotatable bonds is 2. The quantitative estimate of drug-likeness (QED) is 0.853. The number of hydrogen-bond acceptors (Lipinski definition) is 3. The molecule has 0 spiro atoms. The maximum Gasteiger partial charge on any atom is 0.258 e. The predicted octanol–water partition coefficient (Wildman–Crippen LogP) is 2.19. The van der Waals surface area contributed by atoms with E-state index in [2.05, 4.69) is 18.8 Å². The van der Waals surface area contributed by atoms with Crippen LogP contribution in [0.1, 0.15) is 43.5 Å². The molecule has 1 saturated heterocycles. The summed E-state index contributed by atoms with van der Waals surface area (Å²) in [6.45, 7) is 4.15. The van der Waals surface area contributed by atoms with E-state index in [4.69, 9.17) is 0 Å². The Labute approximate surface area is 101 Å². The van der Waals surface area contributed by atoms with Crippen LogP contribution in [-0.4, -0.2) is 33.0 Å². The molecule has 0 radical (unpaired) electrons. The van der Waals surface area contributed by atoms with Gasteiger partial charge in [0.2, 0.25) is 0 Å². The van der Waals surface area contributed by atoms with Gasteiger partial charge in [0.05, 0.1) is 11.8 Å². The zero-order valence-corrected chi connectivity index (χ0v) is 10.3. The molecule has 0 aliphatic carbocycles. The van der Waals surface area contributed by atoms with Gasteiger partial charge in [0.15, 0.2) is 0 Å². The fourth-order valence-corrected chi connectivity index (χ4v) is 2.54. The van der Waals surface area contributed by atoms with Crippen molar-refractivity contribution in [2.24, 2.45) is 0 Å². The van der Waals surface area contributed by atoms with Crippen LogP contribution in [0.2, 0.25) is 0 Å². The molecule has 17 heavy (non-hydrogen) atoms. The lowest BCUT2D eigenvalue weighted by molar-refractivity contribution is 0.0673. The third kappa shape index (κ3) is 2.12. The van der Waals surface area contributed by atoms with E-state index in [1.165, 1.54) is 12.4 Å². The highest BCUT2D eigenvalue weighted by Gasteiger charge is 2.34. The highest BCUT2D eigenvalue weighted by atomic mass is 16.3. The number of aromatic hydroxyl groups is 1. The summed E-state index contributed by atoms with van der Waals surface area (Å²) in [5.41, 5.74) is 0.354. The second-order valence-corrected chi connectivity index (χ2v) is 4.59. The Hall–Kier alpha value is -1.58. The van der Waals surface area contributed by atoms with Crippen LogP contribution in [0.25, 0.3) is 0 Å². The topological polar surface area (TPSA) is 53.4 Å². The lowest BCUT2D eigenvalue weighted by atomic mass is 10.1. The first-order chi connectivity index (χ1) is 8.15. The number of amides is 1. The van der Waals surface area contributed by atoms with Gasteiger partial charge in [-0.05, 0) is 32.3 Å².